The standard InChI is InChI=1S/C11H22N2S/c1-8-3-4-13(5-10(8)12)11-7-14-6-9(11)2/h8-11H,3-7,12H2,1-2H3. The number of rotatable bonds is 1. The number of hydrogen-bond acceptors (Lipinski definition) is 3. The predicted octanol–water partition coefficient (Wildman–Crippen LogP) is 1.41. The van der Waals surface area contributed by atoms with E-state index in [0.29, 0.717) is 6.04 Å². The predicted molar refractivity (Wildman–Crippen MR) is 63.6 cm³/mol. The fraction of sp³-hybridized carbons (Fsp3) is 1.00. The Balaban J connectivity index is 1.92. The smallest absolute Gasteiger partial charge is 0.0220 e. The molecule has 2 heterocycles. The van der Waals surface area contributed by atoms with E-state index in [2.05, 4.69) is 30.5 Å². The van der Waals surface area contributed by atoms with Crippen LogP contribution in [0.25, 0.3) is 0 Å². The molecule has 0 spiro atoms. The number of thioether (sulfide) groups is 1. The van der Waals surface area contributed by atoms with Gasteiger partial charge in [0.25, 0.3) is 0 Å². The molecule has 4 atom stereocenters. The summed E-state index contributed by atoms with van der Waals surface area (Å²) in [6.07, 6.45) is 1.29. The fourth-order valence-electron chi connectivity index (χ4n) is 2.54. The summed E-state index contributed by atoms with van der Waals surface area (Å²) in [5, 5.41) is 0. The molecule has 0 amide bonds. The minimum Gasteiger partial charge on any atom is -0.326 e. The van der Waals surface area contributed by atoms with Gasteiger partial charge in [-0.3, -0.25) is 4.90 Å². The lowest BCUT2D eigenvalue weighted by Gasteiger charge is -2.39. The zero-order chi connectivity index (χ0) is 10.1. The molecule has 2 saturated heterocycles. The van der Waals surface area contributed by atoms with Gasteiger partial charge in [0.05, 0.1) is 0 Å². The third-order valence-electron chi connectivity index (χ3n) is 3.84. The van der Waals surface area contributed by atoms with Crippen molar-refractivity contribution in [1.82, 2.24) is 4.90 Å². The van der Waals surface area contributed by atoms with Gasteiger partial charge in [0.1, 0.15) is 0 Å². The van der Waals surface area contributed by atoms with Crippen molar-refractivity contribution in [3.8, 4) is 0 Å². The molecule has 14 heavy (non-hydrogen) atoms. The molecule has 0 bridgehead atoms. The van der Waals surface area contributed by atoms with Gasteiger partial charge in [-0.05, 0) is 30.6 Å². The van der Waals surface area contributed by atoms with E-state index in [-0.39, 0.29) is 0 Å². The molecule has 0 radical (unpaired) electrons. The third kappa shape index (κ3) is 2.10. The lowest BCUT2D eigenvalue weighted by Crippen LogP contribution is -2.52. The Morgan fingerprint density at radius 1 is 1.21 bits per heavy atom. The highest BCUT2D eigenvalue weighted by Crippen LogP contribution is 2.30. The second-order valence-corrected chi connectivity index (χ2v) is 6.08. The minimum atomic E-state index is 0.404. The van der Waals surface area contributed by atoms with Crippen LogP contribution in [0, 0.1) is 11.8 Å². The van der Waals surface area contributed by atoms with Crippen molar-refractivity contribution < 1.29 is 0 Å². The minimum absolute atomic E-state index is 0.404. The molecule has 0 aromatic rings. The average molecular weight is 214 g/mol. The fourth-order valence-corrected chi connectivity index (χ4v) is 4.05. The highest BCUT2D eigenvalue weighted by Gasteiger charge is 2.33. The van der Waals surface area contributed by atoms with Crippen LogP contribution in [0.5, 0.6) is 0 Å². The van der Waals surface area contributed by atoms with Gasteiger partial charge in [-0.25, -0.2) is 0 Å². The highest BCUT2D eigenvalue weighted by atomic mass is 32.2. The van der Waals surface area contributed by atoms with E-state index in [1.807, 2.05) is 0 Å². The van der Waals surface area contributed by atoms with Crippen molar-refractivity contribution >= 4 is 11.8 Å². The number of piperidine rings is 1. The molecule has 0 aromatic heterocycles. The maximum Gasteiger partial charge on any atom is 0.0220 e. The summed E-state index contributed by atoms with van der Waals surface area (Å²) < 4.78 is 0. The van der Waals surface area contributed by atoms with Gasteiger partial charge in [0.15, 0.2) is 0 Å². The van der Waals surface area contributed by atoms with Crippen molar-refractivity contribution in [1.29, 1.82) is 0 Å². The quantitative estimate of drug-likeness (QED) is 0.715. The Morgan fingerprint density at radius 2 is 2.00 bits per heavy atom. The third-order valence-corrected chi connectivity index (χ3v) is 5.18. The number of nitrogens with two attached hydrogens (primary N) is 1. The first kappa shape index (κ1) is 10.8. The Labute approximate surface area is 91.6 Å². The number of likely N-dealkylation sites (tertiary alicyclic amines) is 1. The molecule has 2 aliphatic rings. The molecular weight excluding hydrogens is 192 g/mol. The summed E-state index contributed by atoms with van der Waals surface area (Å²) in [4.78, 5) is 2.63. The van der Waals surface area contributed by atoms with Crippen LogP contribution in [0.15, 0.2) is 0 Å². The van der Waals surface area contributed by atoms with Gasteiger partial charge in [-0.2, -0.15) is 11.8 Å². The second kappa shape index (κ2) is 4.42. The Hall–Kier alpha value is 0.270. The van der Waals surface area contributed by atoms with Crippen LogP contribution in [0.1, 0.15) is 20.3 Å². The van der Waals surface area contributed by atoms with E-state index in [1.54, 1.807) is 0 Å². The van der Waals surface area contributed by atoms with Crippen molar-refractivity contribution in [2.45, 2.75) is 32.4 Å². The Bertz CT molecular complexity index is 198. The van der Waals surface area contributed by atoms with E-state index in [0.717, 1.165) is 24.4 Å². The molecule has 0 saturated carbocycles. The average Bonchev–Trinajstić information content (AvgIpc) is 2.57. The first-order valence-electron chi connectivity index (χ1n) is 5.76. The lowest BCUT2D eigenvalue weighted by molar-refractivity contribution is 0.111. The second-order valence-electron chi connectivity index (χ2n) is 5.01. The maximum absolute atomic E-state index is 6.13. The first-order valence-corrected chi connectivity index (χ1v) is 6.91. The van der Waals surface area contributed by atoms with Gasteiger partial charge in [-0.15, -0.1) is 0 Å². The Kier molecular flexibility index (Phi) is 3.40. The van der Waals surface area contributed by atoms with Gasteiger partial charge in [0, 0.05) is 24.4 Å². The maximum atomic E-state index is 6.13. The van der Waals surface area contributed by atoms with Crippen LogP contribution < -0.4 is 5.73 Å². The molecule has 0 aliphatic carbocycles. The summed E-state index contributed by atoms with van der Waals surface area (Å²) in [6.45, 7) is 7.06. The van der Waals surface area contributed by atoms with Crippen LogP contribution in [0.3, 0.4) is 0 Å². The number of nitrogens with zero attached hydrogens (tertiary/aromatic N) is 1. The largest absolute Gasteiger partial charge is 0.326 e. The van der Waals surface area contributed by atoms with Gasteiger partial charge < -0.3 is 5.73 Å². The monoisotopic (exact) mass is 214 g/mol. The van der Waals surface area contributed by atoms with Crippen molar-refractivity contribution in [3.63, 3.8) is 0 Å². The molecular formula is C11H22N2S. The Morgan fingerprint density at radius 3 is 2.57 bits per heavy atom. The van der Waals surface area contributed by atoms with Crippen molar-refractivity contribution in [2.75, 3.05) is 24.6 Å². The van der Waals surface area contributed by atoms with E-state index >= 15 is 0 Å². The van der Waals surface area contributed by atoms with Gasteiger partial charge in [0.2, 0.25) is 0 Å². The zero-order valence-corrected chi connectivity index (χ0v) is 10.1. The molecule has 82 valence electrons. The highest BCUT2D eigenvalue weighted by molar-refractivity contribution is 7.99. The summed E-state index contributed by atoms with van der Waals surface area (Å²) >= 11 is 2.10. The van der Waals surface area contributed by atoms with Crippen LogP contribution >= 0.6 is 11.8 Å². The van der Waals surface area contributed by atoms with E-state index in [9.17, 15) is 0 Å². The van der Waals surface area contributed by atoms with Crippen LogP contribution in [-0.4, -0.2) is 41.6 Å². The van der Waals surface area contributed by atoms with Crippen molar-refractivity contribution in [3.05, 3.63) is 0 Å². The van der Waals surface area contributed by atoms with Gasteiger partial charge >= 0.3 is 0 Å². The summed E-state index contributed by atoms with van der Waals surface area (Å²) in [7, 11) is 0. The van der Waals surface area contributed by atoms with E-state index in [1.165, 1.54) is 24.5 Å². The van der Waals surface area contributed by atoms with Crippen LogP contribution in [-0.2, 0) is 0 Å². The summed E-state index contributed by atoms with van der Waals surface area (Å²) in [6, 6.07) is 1.21. The van der Waals surface area contributed by atoms with Crippen molar-refractivity contribution in [2.24, 2.45) is 17.6 Å². The van der Waals surface area contributed by atoms with E-state index < -0.39 is 0 Å². The molecule has 2 nitrogen and oxygen atoms in total. The molecule has 2 aliphatic heterocycles. The lowest BCUT2D eigenvalue weighted by atomic mass is 9.92. The van der Waals surface area contributed by atoms with Crippen LogP contribution in [0.2, 0.25) is 0 Å². The SMILES string of the molecule is CC1CCN(C2CSCC2C)CC1N. The van der Waals surface area contributed by atoms with Crippen LogP contribution in [0.4, 0.5) is 0 Å². The topological polar surface area (TPSA) is 29.3 Å². The van der Waals surface area contributed by atoms with E-state index in [4.69, 9.17) is 5.73 Å². The molecule has 3 heteroatoms. The number of hydrogen-bond donors (Lipinski definition) is 1. The normalized spacial score (nSPS) is 45.6. The first-order chi connectivity index (χ1) is 6.68. The van der Waals surface area contributed by atoms with Gasteiger partial charge in [-0.1, -0.05) is 13.8 Å². The molecule has 2 rings (SSSR count). The zero-order valence-electron chi connectivity index (χ0n) is 9.28. The molecule has 2 fully saturated rings. The summed E-state index contributed by atoms with van der Waals surface area (Å²) in [5.74, 6) is 4.24. The molecule has 4 unspecified atom stereocenters. The summed E-state index contributed by atoms with van der Waals surface area (Å²) in [5.41, 5.74) is 6.13. The molecule has 2 N–H and O–H groups in total. The molecule has 0 aromatic carbocycles.